The van der Waals surface area contributed by atoms with Crippen molar-refractivity contribution in [2.24, 2.45) is 0 Å². The molecule has 1 aromatic carbocycles. The Kier molecular flexibility index (Phi) is 5.48. The van der Waals surface area contributed by atoms with Crippen molar-refractivity contribution in [2.45, 2.75) is 13.5 Å². The third-order valence-corrected chi connectivity index (χ3v) is 3.93. The molecule has 0 unspecified atom stereocenters. The second kappa shape index (κ2) is 7.56. The number of nitro benzene ring substituents is 1. The summed E-state index contributed by atoms with van der Waals surface area (Å²) in [4.78, 5) is 25.1. The van der Waals surface area contributed by atoms with Crippen molar-refractivity contribution in [1.29, 1.82) is 0 Å². The maximum Gasteiger partial charge on any atom is 0.269 e. The fraction of sp³-hybridized carbons (Fsp3) is 0.267. The highest BCUT2D eigenvalue weighted by Crippen LogP contribution is 2.17. The molecule has 0 radical (unpaired) electrons. The second-order valence-electron chi connectivity index (χ2n) is 4.53. The van der Waals surface area contributed by atoms with Crippen LogP contribution in [-0.2, 0) is 11.3 Å². The summed E-state index contributed by atoms with van der Waals surface area (Å²) in [5, 5.41) is 12.5. The van der Waals surface area contributed by atoms with Crippen LogP contribution in [0.25, 0.3) is 0 Å². The molecule has 0 fully saturated rings. The largest absolute Gasteiger partial charge is 0.484 e. The van der Waals surface area contributed by atoms with Gasteiger partial charge in [0.2, 0.25) is 0 Å². The Bertz CT molecular complexity index is 626. The Hall–Kier alpha value is -2.41. The smallest absolute Gasteiger partial charge is 0.269 e. The van der Waals surface area contributed by atoms with Gasteiger partial charge in [-0.25, -0.2) is 0 Å². The van der Waals surface area contributed by atoms with Gasteiger partial charge in [0, 0.05) is 23.6 Å². The van der Waals surface area contributed by atoms with Crippen molar-refractivity contribution in [3.63, 3.8) is 0 Å². The van der Waals surface area contributed by atoms with E-state index in [1.54, 1.807) is 16.2 Å². The van der Waals surface area contributed by atoms with Crippen molar-refractivity contribution in [2.75, 3.05) is 13.2 Å². The van der Waals surface area contributed by atoms with Gasteiger partial charge >= 0.3 is 0 Å². The average Bonchev–Trinajstić information content (AvgIpc) is 3.03. The third-order valence-electron chi connectivity index (χ3n) is 3.07. The number of rotatable bonds is 7. The summed E-state index contributed by atoms with van der Waals surface area (Å²) < 4.78 is 5.39. The minimum Gasteiger partial charge on any atom is -0.484 e. The maximum absolute atomic E-state index is 12.1. The number of ether oxygens (including phenoxy) is 1. The highest BCUT2D eigenvalue weighted by molar-refractivity contribution is 7.09. The van der Waals surface area contributed by atoms with Gasteiger partial charge in [-0.1, -0.05) is 6.07 Å². The first-order valence-electron chi connectivity index (χ1n) is 6.77. The van der Waals surface area contributed by atoms with Gasteiger partial charge in [-0.15, -0.1) is 11.3 Å². The van der Waals surface area contributed by atoms with Crippen molar-refractivity contribution >= 4 is 22.9 Å². The van der Waals surface area contributed by atoms with Crippen LogP contribution < -0.4 is 4.74 Å². The number of nitrogens with zero attached hydrogens (tertiary/aromatic N) is 2. The molecular formula is C15H16N2O4S. The number of hydrogen-bond donors (Lipinski definition) is 0. The van der Waals surface area contributed by atoms with Gasteiger partial charge in [0.1, 0.15) is 5.75 Å². The minimum atomic E-state index is -0.477. The molecule has 0 aliphatic carbocycles. The van der Waals surface area contributed by atoms with Gasteiger partial charge in [0.25, 0.3) is 11.6 Å². The van der Waals surface area contributed by atoms with Gasteiger partial charge in [-0.2, -0.15) is 0 Å². The zero-order chi connectivity index (χ0) is 15.9. The zero-order valence-electron chi connectivity index (χ0n) is 12.1. The second-order valence-corrected chi connectivity index (χ2v) is 5.56. The molecule has 0 aliphatic heterocycles. The van der Waals surface area contributed by atoms with Crippen LogP contribution in [0.4, 0.5) is 5.69 Å². The Morgan fingerprint density at radius 2 is 2.05 bits per heavy atom. The Morgan fingerprint density at radius 3 is 2.59 bits per heavy atom. The molecule has 7 heteroatoms. The number of carbonyl (C=O) groups is 1. The zero-order valence-corrected chi connectivity index (χ0v) is 12.9. The number of amides is 1. The number of nitro groups is 1. The first-order chi connectivity index (χ1) is 10.6. The molecule has 0 spiro atoms. The van der Waals surface area contributed by atoms with Crippen LogP contribution in [0.3, 0.4) is 0 Å². The molecule has 0 aliphatic rings. The SMILES string of the molecule is CCN(Cc1cccs1)C(=O)COc1ccc([N+](=O)[O-])cc1. The van der Waals surface area contributed by atoms with Crippen LogP contribution in [0.2, 0.25) is 0 Å². The number of carbonyl (C=O) groups excluding carboxylic acids is 1. The highest BCUT2D eigenvalue weighted by atomic mass is 32.1. The van der Waals surface area contributed by atoms with Gasteiger partial charge in [-0.05, 0) is 30.5 Å². The highest BCUT2D eigenvalue weighted by Gasteiger charge is 2.14. The number of thiophene rings is 1. The molecule has 0 saturated heterocycles. The molecule has 2 aromatic rings. The van der Waals surface area contributed by atoms with Gasteiger partial charge in [0.05, 0.1) is 11.5 Å². The lowest BCUT2D eigenvalue weighted by molar-refractivity contribution is -0.384. The topological polar surface area (TPSA) is 72.7 Å². The van der Waals surface area contributed by atoms with Gasteiger partial charge in [0.15, 0.2) is 6.61 Å². The minimum absolute atomic E-state index is 0.00782. The van der Waals surface area contributed by atoms with E-state index in [4.69, 9.17) is 4.74 Å². The molecular weight excluding hydrogens is 304 g/mol. The van der Waals surface area contributed by atoms with Crippen molar-refractivity contribution in [3.8, 4) is 5.75 Å². The number of non-ortho nitro benzene ring substituents is 1. The maximum atomic E-state index is 12.1. The molecule has 116 valence electrons. The summed E-state index contributed by atoms with van der Waals surface area (Å²) in [6.45, 7) is 2.99. The van der Waals surface area contributed by atoms with E-state index in [9.17, 15) is 14.9 Å². The summed E-state index contributed by atoms with van der Waals surface area (Å²) in [7, 11) is 0. The lowest BCUT2D eigenvalue weighted by Crippen LogP contribution is -2.34. The molecule has 22 heavy (non-hydrogen) atoms. The molecule has 6 nitrogen and oxygen atoms in total. The number of benzene rings is 1. The third kappa shape index (κ3) is 4.29. The predicted octanol–water partition coefficient (Wildman–Crippen LogP) is 3.08. The van der Waals surface area contributed by atoms with E-state index < -0.39 is 4.92 Å². The first kappa shape index (κ1) is 16.0. The summed E-state index contributed by atoms with van der Waals surface area (Å²) in [5.41, 5.74) is -0.00782. The van der Waals surface area contributed by atoms with Crippen LogP contribution in [0.5, 0.6) is 5.75 Å². The predicted molar refractivity (Wildman–Crippen MR) is 84.0 cm³/mol. The average molecular weight is 320 g/mol. The van der Waals surface area contributed by atoms with Crippen molar-refractivity contribution < 1.29 is 14.5 Å². The van der Waals surface area contributed by atoms with Crippen molar-refractivity contribution in [3.05, 3.63) is 56.8 Å². The van der Waals surface area contributed by atoms with E-state index >= 15 is 0 Å². The van der Waals surface area contributed by atoms with Crippen molar-refractivity contribution in [1.82, 2.24) is 4.90 Å². The summed E-state index contributed by atoms with van der Waals surface area (Å²) in [6.07, 6.45) is 0. The molecule has 0 N–H and O–H groups in total. The Labute approximate surface area is 132 Å². The fourth-order valence-electron chi connectivity index (χ4n) is 1.87. The van der Waals surface area contributed by atoms with Crippen LogP contribution in [0.1, 0.15) is 11.8 Å². The van der Waals surface area contributed by atoms with E-state index in [0.717, 1.165) is 4.88 Å². The summed E-state index contributed by atoms with van der Waals surface area (Å²) >= 11 is 1.60. The molecule has 1 aromatic heterocycles. The van der Waals surface area contributed by atoms with E-state index in [2.05, 4.69) is 0 Å². The van der Waals surface area contributed by atoms with Gasteiger partial charge in [-0.3, -0.25) is 14.9 Å². The molecule has 1 heterocycles. The first-order valence-corrected chi connectivity index (χ1v) is 7.65. The van der Waals surface area contributed by atoms with E-state index in [0.29, 0.717) is 18.8 Å². The lowest BCUT2D eigenvalue weighted by Gasteiger charge is -2.20. The van der Waals surface area contributed by atoms with Gasteiger partial charge < -0.3 is 9.64 Å². The quantitative estimate of drug-likeness (QED) is 0.580. The van der Waals surface area contributed by atoms with Crippen LogP contribution in [0.15, 0.2) is 41.8 Å². The summed E-state index contributed by atoms with van der Waals surface area (Å²) in [5.74, 6) is 0.320. The molecule has 0 atom stereocenters. The normalized spacial score (nSPS) is 10.2. The number of likely N-dealkylation sites (N-methyl/N-ethyl adjacent to an activating group) is 1. The van der Waals surface area contributed by atoms with E-state index in [1.165, 1.54) is 24.3 Å². The Morgan fingerprint density at radius 1 is 1.32 bits per heavy atom. The molecule has 2 rings (SSSR count). The fourth-order valence-corrected chi connectivity index (χ4v) is 2.59. The molecule has 0 bridgehead atoms. The van der Waals surface area contributed by atoms with E-state index in [-0.39, 0.29) is 18.2 Å². The summed E-state index contributed by atoms with van der Waals surface area (Å²) in [6, 6.07) is 9.61. The monoisotopic (exact) mass is 320 g/mol. The number of hydrogen-bond acceptors (Lipinski definition) is 5. The van der Waals surface area contributed by atoms with Crippen LogP contribution in [0, 0.1) is 10.1 Å². The van der Waals surface area contributed by atoms with E-state index in [1.807, 2.05) is 24.4 Å². The molecule has 0 saturated carbocycles. The molecule has 1 amide bonds. The Balaban J connectivity index is 1.89. The van der Waals surface area contributed by atoms with Crippen LogP contribution in [-0.4, -0.2) is 28.9 Å². The lowest BCUT2D eigenvalue weighted by atomic mass is 10.3. The standard InChI is InChI=1S/C15H16N2O4S/c1-2-16(10-14-4-3-9-22-14)15(18)11-21-13-7-5-12(6-8-13)17(19)20/h3-9H,2,10-11H2,1H3. The van der Waals surface area contributed by atoms with Crippen LogP contribution >= 0.6 is 11.3 Å².